The van der Waals surface area contributed by atoms with Gasteiger partial charge in [0, 0.05) is 25.2 Å². The lowest BCUT2D eigenvalue weighted by Gasteiger charge is -2.40. The maximum absolute atomic E-state index is 13.6. The van der Waals surface area contributed by atoms with Crippen molar-refractivity contribution in [2.45, 2.75) is 101 Å². The molecule has 1 amide bonds. The molecule has 7 nitrogen and oxygen atoms in total. The minimum absolute atomic E-state index is 0.0485. The Bertz CT molecular complexity index is 1070. The van der Waals surface area contributed by atoms with Gasteiger partial charge in [-0.05, 0) is 69.6 Å². The fourth-order valence-electron chi connectivity index (χ4n) is 5.03. The van der Waals surface area contributed by atoms with E-state index < -0.39 is 39.9 Å². The lowest BCUT2D eigenvalue weighted by molar-refractivity contribution is -0.138. The monoisotopic (exact) mass is 545 g/mol. The minimum Gasteiger partial charge on any atom is -0.340 e. The van der Waals surface area contributed by atoms with Gasteiger partial charge in [-0.2, -0.15) is 17.5 Å². The van der Waals surface area contributed by atoms with E-state index in [2.05, 4.69) is 5.32 Å². The van der Waals surface area contributed by atoms with Crippen LogP contribution >= 0.6 is 0 Å². The first kappa shape index (κ1) is 29.6. The van der Waals surface area contributed by atoms with Gasteiger partial charge < -0.3 is 4.90 Å². The fraction of sp³-hybridized carbons (Fsp3) is 0.692. The van der Waals surface area contributed by atoms with E-state index in [-0.39, 0.29) is 35.1 Å². The van der Waals surface area contributed by atoms with Crippen molar-refractivity contribution in [3.63, 3.8) is 0 Å². The first-order valence-corrected chi connectivity index (χ1v) is 14.5. The molecule has 3 unspecified atom stereocenters. The quantitative estimate of drug-likeness (QED) is 0.450. The van der Waals surface area contributed by atoms with E-state index >= 15 is 0 Å². The van der Waals surface area contributed by atoms with Crippen molar-refractivity contribution in [3.05, 3.63) is 29.8 Å². The van der Waals surface area contributed by atoms with E-state index in [1.807, 2.05) is 20.8 Å². The molecule has 1 aliphatic heterocycles. The zero-order valence-electron chi connectivity index (χ0n) is 21.9. The number of ketones is 1. The summed E-state index contributed by atoms with van der Waals surface area (Å²) in [7, 11) is -4.21. The predicted molar refractivity (Wildman–Crippen MR) is 134 cm³/mol. The van der Waals surface area contributed by atoms with Gasteiger partial charge in [0.15, 0.2) is 0 Å². The van der Waals surface area contributed by atoms with Gasteiger partial charge in [-0.25, -0.2) is 8.42 Å². The molecule has 0 radical (unpaired) electrons. The number of likely N-dealkylation sites (tertiary alicyclic amines) is 1. The number of hydrogen-bond donors (Lipinski definition) is 1. The second-order valence-corrected chi connectivity index (χ2v) is 12.4. The van der Waals surface area contributed by atoms with E-state index in [1.165, 1.54) is 17.3 Å². The average Bonchev–Trinajstić information content (AvgIpc) is 3.65. The lowest BCUT2D eigenvalue weighted by atomic mass is 9.98. The summed E-state index contributed by atoms with van der Waals surface area (Å²) in [4.78, 5) is 26.9. The third-order valence-electron chi connectivity index (χ3n) is 7.02. The number of nitrogens with zero attached hydrogens (tertiary/aromatic N) is 2. The van der Waals surface area contributed by atoms with Crippen LogP contribution in [-0.2, 0) is 25.8 Å². The van der Waals surface area contributed by atoms with E-state index in [1.54, 1.807) is 4.90 Å². The lowest BCUT2D eigenvalue weighted by Crippen LogP contribution is -2.57. The zero-order valence-corrected chi connectivity index (χ0v) is 22.7. The molecule has 1 saturated heterocycles. The van der Waals surface area contributed by atoms with E-state index in [0.717, 1.165) is 12.1 Å². The third kappa shape index (κ3) is 7.32. The second-order valence-electron chi connectivity index (χ2n) is 10.6. The molecule has 11 heteroatoms. The first-order valence-electron chi connectivity index (χ1n) is 13.0. The van der Waals surface area contributed by atoms with Gasteiger partial charge >= 0.3 is 6.18 Å². The topological polar surface area (TPSA) is 86.8 Å². The standard InChI is InChI=1S/C26H38F3N3O4S/c1-5-23(18(4)33)30-24(14-17(2)3)25(34)31-13-7-9-21(16-31)32(20-11-12-20)37(35,36)22-10-6-8-19(15-22)26(27,28)29/h6,8,10,15,17,20-21,23-24,30H,5,7,9,11-14,16H2,1-4H3. The van der Waals surface area contributed by atoms with Gasteiger partial charge in [-0.1, -0.05) is 26.8 Å². The Morgan fingerprint density at radius 3 is 2.35 bits per heavy atom. The number of carbonyl (C=O) groups excluding carboxylic acids is 2. The number of hydrogen-bond acceptors (Lipinski definition) is 5. The summed E-state index contributed by atoms with van der Waals surface area (Å²) in [5.74, 6) is -0.0336. The van der Waals surface area contributed by atoms with Crippen molar-refractivity contribution in [2.24, 2.45) is 5.92 Å². The van der Waals surface area contributed by atoms with Gasteiger partial charge in [-0.3, -0.25) is 14.9 Å². The van der Waals surface area contributed by atoms with Gasteiger partial charge in [-0.15, -0.1) is 0 Å². The van der Waals surface area contributed by atoms with Crippen LogP contribution in [-0.4, -0.2) is 66.6 Å². The summed E-state index contributed by atoms with van der Waals surface area (Å²) in [5.41, 5.74) is -1.01. The van der Waals surface area contributed by atoms with Crippen LogP contribution in [0.1, 0.15) is 71.8 Å². The molecule has 37 heavy (non-hydrogen) atoms. The molecule has 208 valence electrons. The summed E-state index contributed by atoms with van der Waals surface area (Å²) in [5, 5.41) is 3.21. The molecule has 1 aliphatic carbocycles. The highest BCUT2D eigenvalue weighted by Crippen LogP contribution is 2.38. The molecule has 0 bridgehead atoms. The second kappa shape index (κ2) is 11.8. The van der Waals surface area contributed by atoms with Gasteiger partial charge in [0.25, 0.3) is 0 Å². The molecule has 3 atom stereocenters. The Morgan fingerprint density at radius 1 is 1.14 bits per heavy atom. The first-order chi connectivity index (χ1) is 17.3. The smallest absolute Gasteiger partial charge is 0.340 e. The van der Waals surface area contributed by atoms with Crippen LogP contribution in [0.3, 0.4) is 0 Å². The van der Waals surface area contributed by atoms with E-state index in [4.69, 9.17) is 0 Å². The van der Waals surface area contributed by atoms with Crippen molar-refractivity contribution in [3.8, 4) is 0 Å². The molecule has 2 aliphatic rings. The molecule has 2 fully saturated rings. The summed E-state index contributed by atoms with van der Waals surface area (Å²) < 4.78 is 68.4. The number of amides is 1. The average molecular weight is 546 g/mol. The summed E-state index contributed by atoms with van der Waals surface area (Å²) >= 11 is 0. The molecule has 1 aromatic carbocycles. The number of nitrogens with one attached hydrogen (secondary N) is 1. The Kier molecular flexibility index (Phi) is 9.45. The maximum atomic E-state index is 13.6. The molecule has 1 saturated carbocycles. The number of piperidine rings is 1. The number of rotatable bonds is 11. The molecule has 1 N–H and O–H groups in total. The Hall–Kier alpha value is -1.98. The maximum Gasteiger partial charge on any atom is 0.416 e. The van der Waals surface area contributed by atoms with Crippen LogP contribution in [0.4, 0.5) is 13.2 Å². The summed E-state index contributed by atoms with van der Waals surface area (Å²) in [6.07, 6.45) is -1.21. The largest absolute Gasteiger partial charge is 0.416 e. The van der Waals surface area contributed by atoms with E-state index in [9.17, 15) is 31.2 Å². The number of alkyl halides is 3. The van der Waals surface area contributed by atoms with Crippen molar-refractivity contribution >= 4 is 21.7 Å². The predicted octanol–water partition coefficient (Wildman–Crippen LogP) is 4.22. The Morgan fingerprint density at radius 2 is 1.81 bits per heavy atom. The highest BCUT2D eigenvalue weighted by atomic mass is 32.2. The van der Waals surface area contributed by atoms with Crippen molar-refractivity contribution in [2.75, 3.05) is 13.1 Å². The minimum atomic E-state index is -4.65. The molecule has 1 heterocycles. The van der Waals surface area contributed by atoms with Crippen LogP contribution < -0.4 is 5.32 Å². The molecule has 0 spiro atoms. The van der Waals surface area contributed by atoms with Crippen molar-refractivity contribution in [1.29, 1.82) is 0 Å². The van der Waals surface area contributed by atoms with Gasteiger partial charge in [0.2, 0.25) is 15.9 Å². The van der Waals surface area contributed by atoms with E-state index in [0.29, 0.717) is 51.1 Å². The van der Waals surface area contributed by atoms with Crippen molar-refractivity contribution in [1.82, 2.24) is 14.5 Å². The molecule has 0 aromatic heterocycles. The number of benzene rings is 1. The number of sulfonamides is 1. The zero-order chi connectivity index (χ0) is 27.5. The number of carbonyl (C=O) groups is 2. The van der Waals surface area contributed by atoms with Crippen LogP contribution in [0.25, 0.3) is 0 Å². The third-order valence-corrected chi connectivity index (χ3v) is 9.02. The fourth-order valence-corrected chi connectivity index (χ4v) is 6.97. The van der Waals surface area contributed by atoms with Crippen LogP contribution in [0.2, 0.25) is 0 Å². The molecule has 1 aromatic rings. The number of Topliss-reactive ketones (excluding diaryl/α,β-unsaturated/α-hetero) is 1. The SMILES string of the molecule is CCC(NC(CC(C)C)C(=O)N1CCCC(N(C2CC2)S(=O)(=O)c2cccc(C(F)(F)F)c2)C1)C(C)=O. The Balaban J connectivity index is 1.85. The highest BCUT2D eigenvalue weighted by Gasteiger charge is 2.45. The van der Waals surface area contributed by atoms with Crippen LogP contribution in [0.5, 0.6) is 0 Å². The van der Waals surface area contributed by atoms with Crippen molar-refractivity contribution < 1.29 is 31.2 Å². The highest BCUT2D eigenvalue weighted by molar-refractivity contribution is 7.89. The van der Waals surface area contributed by atoms with Gasteiger partial charge in [0.05, 0.1) is 22.5 Å². The molecular weight excluding hydrogens is 507 g/mol. The van der Waals surface area contributed by atoms with Crippen LogP contribution in [0, 0.1) is 5.92 Å². The number of halogens is 3. The molecule has 3 rings (SSSR count). The van der Waals surface area contributed by atoms with Gasteiger partial charge in [0.1, 0.15) is 5.78 Å². The Labute approximate surface area is 217 Å². The summed E-state index contributed by atoms with van der Waals surface area (Å²) in [6, 6.07) is 2.00. The molecular formula is C26H38F3N3O4S. The van der Waals surface area contributed by atoms with Crippen LogP contribution in [0.15, 0.2) is 29.2 Å². The summed E-state index contributed by atoms with van der Waals surface area (Å²) in [6.45, 7) is 7.98. The normalized spacial score (nSPS) is 20.8.